The number of aromatic nitrogens is 2. The Morgan fingerprint density at radius 3 is 2.37 bits per heavy atom. The molecule has 0 aliphatic heterocycles. The molecule has 3 rings (SSSR count). The van der Waals surface area contributed by atoms with Gasteiger partial charge in [0.2, 0.25) is 0 Å². The predicted molar refractivity (Wildman–Crippen MR) is 111 cm³/mol. The van der Waals surface area contributed by atoms with Crippen LogP contribution in [0.15, 0.2) is 77.2 Å². The van der Waals surface area contributed by atoms with Gasteiger partial charge < -0.3 is 11.2 Å². The van der Waals surface area contributed by atoms with Gasteiger partial charge in [-0.05, 0) is 53.9 Å². The van der Waals surface area contributed by atoms with Crippen LogP contribution in [0, 0.1) is 0 Å². The highest BCUT2D eigenvalue weighted by molar-refractivity contribution is 6.32. The second kappa shape index (κ2) is 9.64. The lowest BCUT2D eigenvalue weighted by Crippen LogP contribution is -2.17. The van der Waals surface area contributed by atoms with Gasteiger partial charge in [-0.25, -0.2) is 0 Å². The molecule has 3 N–H and O–H groups in total. The monoisotopic (exact) mass is 412 g/mol. The van der Waals surface area contributed by atoms with Gasteiger partial charge in [0, 0.05) is 24.3 Å². The van der Waals surface area contributed by atoms with E-state index in [0.29, 0.717) is 11.4 Å². The Morgan fingerprint density at radius 1 is 1.00 bits per heavy atom. The van der Waals surface area contributed by atoms with Crippen molar-refractivity contribution >= 4 is 23.3 Å². The lowest BCUT2D eigenvalue weighted by atomic mass is 10.1. The first-order valence-corrected chi connectivity index (χ1v) is 9.00. The Kier molecular flexibility index (Phi) is 6.74. The summed E-state index contributed by atoms with van der Waals surface area (Å²) in [4.78, 5) is 11.6. The molecule has 0 unspecified atom stereocenters. The molecular weight excluding hydrogens is 393 g/mol. The number of hydrogen-bond donors (Lipinski definition) is 2. The van der Waals surface area contributed by atoms with Crippen LogP contribution in [0.25, 0.3) is 0 Å². The molecule has 9 heteroatoms. The number of hydrazone groups is 1. The van der Waals surface area contributed by atoms with Gasteiger partial charge in [0.05, 0.1) is 24.2 Å². The Hall–Kier alpha value is -3.75. The number of alkyl halides is 3. The van der Waals surface area contributed by atoms with E-state index in [1.54, 1.807) is 12.4 Å². The summed E-state index contributed by atoms with van der Waals surface area (Å²) < 4.78 is 38.2. The van der Waals surface area contributed by atoms with Crippen molar-refractivity contribution in [3.05, 3.63) is 83.9 Å². The molecule has 0 fully saturated rings. The van der Waals surface area contributed by atoms with Crippen LogP contribution in [-0.2, 0) is 12.6 Å². The van der Waals surface area contributed by atoms with Gasteiger partial charge in [-0.2, -0.15) is 18.3 Å². The lowest BCUT2D eigenvalue weighted by molar-refractivity contribution is -0.141. The minimum absolute atomic E-state index is 0.113. The molecule has 0 aliphatic rings. The highest BCUT2D eigenvalue weighted by atomic mass is 19.4. The van der Waals surface area contributed by atoms with E-state index in [1.165, 1.54) is 12.3 Å². The molecular formula is C21H19F3N6. The molecule has 0 saturated heterocycles. The smallest absolute Gasteiger partial charge is 0.379 e. The van der Waals surface area contributed by atoms with Crippen LogP contribution in [0.3, 0.4) is 0 Å². The zero-order valence-corrected chi connectivity index (χ0v) is 15.8. The minimum Gasteiger partial charge on any atom is -0.379 e. The molecule has 2 aromatic heterocycles. The molecule has 0 atom stereocenters. The molecule has 0 spiro atoms. The quantitative estimate of drug-likeness (QED) is 0.346. The third-order valence-corrected chi connectivity index (χ3v) is 4.15. The second-order valence-corrected chi connectivity index (χ2v) is 6.36. The Bertz CT molecular complexity index is 1010. The number of hydrogen-bond acceptors (Lipinski definition) is 6. The van der Waals surface area contributed by atoms with E-state index >= 15 is 0 Å². The molecule has 0 radical (unpaired) electrons. The number of nitrogens with one attached hydrogen (secondary N) is 1. The number of benzene rings is 1. The van der Waals surface area contributed by atoms with Crippen LogP contribution in [-0.4, -0.2) is 28.4 Å². The van der Waals surface area contributed by atoms with Gasteiger partial charge in [-0.1, -0.05) is 12.1 Å². The summed E-state index contributed by atoms with van der Waals surface area (Å²) in [5.74, 6) is 5.37. The van der Waals surface area contributed by atoms with Gasteiger partial charge in [0.1, 0.15) is 5.69 Å². The predicted octanol–water partition coefficient (Wildman–Crippen LogP) is 4.22. The van der Waals surface area contributed by atoms with Crippen molar-refractivity contribution in [2.45, 2.75) is 12.6 Å². The molecule has 0 amide bonds. The molecule has 0 bridgehead atoms. The zero-order valence-electron chi connectivity index (χ0n) is 15.8. The van der Waals surface area contributed by atoms with Crippen molar-refractivity contribution in [3.8, 4) is 0 Å². The standard InChI is InChI=1S/C21H19F3N6/c22-21(23,24)20-12-18(7-10-27-20)29-14-19(30-25)13-28-17-3-1-15(2-4-17)11-16-5-8-26-9-6-16/h1-10,12-13H,11,14,25H2,(H,27,29)/b28-13?,30-19+. The van der Waals surface area contributed by atoms with E-state index in [9.17, 15) is 13.2 Å². The van der Waals surface area contributed by atoms with Gasteiger partial charge in [0.25, 0.3) is 0 Å². The topological polar surface area (TPSA) is 88.5 Å². The first-order valence-electron chi connectivity index (χ1n) is 9.00. The van der Waals surface area contributed by atoms with Crippen molar-refractivity contribution in [2.24, 2.45) is 15.9 Å². The number of pyridine rings is 2. The summed E-state index contributed by atoms with van der Waals surface area (Å²) in [5.41, 5.74) is 2.66. The zero-order chi connectivity index (χ0) is 21.4. The highest BCUT2D eigenvalue weighted by Gasteiger charge is 2.32. The SMILES string of the molecule is N/N=C(\C=Nc1ccc(Cc2ccncc2)cc1)CNc1ccnc(C(F)(F)F)c1. The van der Waals surface area contributed by atoms with E-state index < -0.39 is 11.9 Å². The normalized spacial score (nSPS) is 12.3. The number of nitrogens with two attached hydrogens (primary N) is 1. The van der Waals surface area contributed by atoms with Crippen molar-refractivity contribution in [1.82, 2.24) is 9.97 Å². The summed E-state index contributed by atoms with van der Waals surface area (Å²) in [7, 11) is 0. The first-order chi connectivity index (χ1) is 14.4. The van der Waals surface area contributed by atoms with Crippen molar-refractivity contribution in [2.75, 3.05) is 11.9 Å². The number of rotatable bonds is 7. The fourth-order valence-corrected chi connectivity index (χ4v) is 2.60. The lowest BCUT2D eigenvalue weighted by Gasteiger charge is -2.09. The Labute approximate surface area is 171 Å². The van der Waals surface area contributed by atoms with Crippen LogP contribution in [0.2, 0.25) is 0 Å². The van der Waals surface area contributed by atoms with Crippen molar-refractivity contribution in [1.29, 1.82) is 0 Å². The van der Waals surface area contributed by atoms with Gasteiger partial charge in [0.15, 0.2) is 0 Å². The van der Waals surface area contributed by atoms with Crippen LogP contribution < -0.4 is 11.2 Å². The van der Waals surface area contributed by atoms with Crippen LogP contribution in [0.4, 0.5) is 24.5 Å². The average molecular weight is 412 g/mol. The van der Waals surface area contributed by atoms with Gasteiger partial charge in [-0.3, -0.25) is 15.0 Å². The maximum absolute atomic E-state index is 12.7. The Morgan fingerprint density at radius 2 is 1.70 bits per heavy atom. The fraction of sp³-hybridized carbons (Fsp3) is 0.143. The van der Waals surface area contributed by atoms with E-state index in [2.05, 4.69) is 25.4 Å². The minimum atomic E-state index is -4.51. The summed E-state index contributed by atoms with van der Waals surface area (Å²) >= 11 is 0. The number of aliphatic imine (C=N–C) groups is 1. The molecule has 154 valence electrons. The second-order valence-electron chi connectivity index (χ2n) is 6.36. The van der Waals surface area contributed by atoms with E-state index in [-0.39, 0.29) is 12.2 Å². The molecule has 3 aromatic rings. The van der Waals surface area contributed by atoms with Crippen LogP contribution in [0.5, 0.6) is 0 Å². The number of halogens is 3. The van der Waals surface area contributed by atoms with E-state index in [4.69, 9.17) is 5.84 Å². The molecule has 1 aromatic carbocycles. The van der Waals surface area contributed by atoms with E-state index in [0.717, 1.165) is 29.8 Å². The maximum Gasteiger partial charge on any atom is 0.433 e. The van der Waals surface area contributed by atoms with Gasteiger partial charge >= 0.3 is 6.18 Å². The summed E-state index contributed by atoms with van der Waals surface area (Å²) in [6.45, 7) is 0.113. The number of nitrogens with zero attached hydrogens (tertiary/aromatic N) is 4. The number of anilines is 1. The van der Waals surface area contributed by atoms with Crippen molar-refractivity contribution < 1.29 is 13.2 Å². The first kappa shape index (κ1) is 21.0. The average Bonchev–Trinajstić information content (AvgIpc) is 2.75. The molecule has 6 nitrogen and oxygen atoms in total. The van der Waals surface area contributed by atoms with Gasteiger partial charge in [-0.15, -0.1) is 0 Å². The maximum atomic E-state index is 12.7. The molecule has 30 heavy (non-hydrogen) atoms. The molecule has 2 heterocycles. The summed E-state index contributed by atoms with van der Waals surface area (Å²) in [5, 5.41) is 6.46. The third-order valence-electron chi connectivity index (χ3n) is 4.15. The highest BCUT2D eigenvalue weighted by Crippen LogP contribution is 2.28. The summed E-state index contributed by atoms with van der Waals surface area (Å²) in [6.07, 6.45) is 2.35. The molecule has 0 aliphatic carbocycles. The Balaban J connectivity index is 1.58. The summed E-state index contributed by atoms with van der Waals surface area (Å²) in [6, 6.07) is 14.0. The van der Waals surface area contributed by atoms with E-state index in [1.807, 2.05) is 36.4 Å². The van der Waals surface area contributed by atoms with Crippen molar-refractivity contribution in [3.63, 3.8) is 0 Å². The fourth-order valence-electron chi connectivity index (χ4n) is 2.60. The molecule has 0 saturated carbocycles. The largest absolute Gasteiger partial charge is 0.433 e. The van der Waals surface area contributed by atoms with Crippen LogP contribution >= 0.6 is 0 Å². The third kappa shape index (κ3) is 6.13. The van der Waals surface area contributed by atoms with Crippen LogP contribution in [0.1, 0.15) is 16.8 Å².